The van der Waals surface area contributed by atoms with Crippen molar-refractivity contribution < 1.29 is 10.2 Å². The summed E-state index contributed by atoms with van der Waals surface area (Å²) in [7, 11) is 1.75. The molecule has 1 aliphatic rings. The minimum Gasteiger partial charge on any atom is -0.858 e. The van der Waals surface area contributed by atoms with Gasteiger partial charge in [-0.25, -0.2) is 0 Å². The van der Waals surface area contributed by atoms with E-state index >= 15 is 0 Å². The molecule has 0 bridgehead atoms. The topological polar surface area (TPSA) is 69.0 Å². The molecule has 3 heterocycles. The molecule has 2 aromatic rings. The average Bonchev–Trinajstić information content (AvgIpc) is 2.61. The quantitative estimate of drug-likeness (QED) is 0.673. The van der Waals surface area contributed by atoms with E-state index in [2.05, 4.69) is 22.0 Å². The molecule has 0 saturated heterocycles. The Morgan fingerprint density at radius 3 is 2.58 bits per heavy atom. The van der Waals surface area contributed by atoms with Crippen LogP contribution in [-0.2, 0) is 0 Å². The molecular formula is C13H15N5O. The van der Waals surface area contributed by atoms with E-state index in [1.54, 1.807) is 11.4 Å². The van der Waals surface area contributed by atoms with Gasteiger partial charge in [-0.05, 0) is 37.8 Å². The lowest BCUT2D eigenvalue weighted by Crippen LogP contribution is -3.00. The van der Waals surface area contributed by atoms with E-state index in [9.17, 15) is 5.11 Å². The summed E-state index contributed by atoms with van der Waals surface area (Å²) >= 11 is 0. The van der Waals surface area contributed by atoms with Crippen molar-refractivity contribution in [2.24, 2.45) is 15.4 Å². The standard InChI is InChI=1S/C13H15N5O/c1-6-7(2)12-8(3)10-11(14-16-17(5)15-10)13(19)18(12)9(6)4/h19H,3H2,1-2,4-5H3. The molecule has 0 spiro atoms. The minimum absolute atomic E-state index is 0.175. The lowest BCUT2D eigenvalue weighted by Gasteiger charge is -2.17. The Morgan fingerprint density at radius 1 is 1.21 bits per heavy atom. The van der Waals surface area contributed by atoms with Crippen LogP contribution >= 0.6 is 0 Å². The highest BCUT2D eigenvalue weighted by Gasteiger charge is 2.17. The van der Waals surface area contributed by atoms with Crippen molar-refractivity contribution in [1.82, 2.24) is 4.40 Å². The van der Waals surface area contributed by atoms with E-state index in [1.807, 2.05) is 20.8 Å². The van der Waals surface area contributed by atoms with Gasteiger partial charge in [0.25, 0.3) is 0 Å². The van der Waals surface area contributed by atoms with Gasteiger partial charge < -0.3 is 9.51 Å². The second kappa shape index (κ2) is 3.64. The van der Waals surface area contributed by atoms with Crippen molar-refractivity contribution >= 4 is 17.8 Å². The summed E-state index contributed by atoms with van der Waals surface area (Å²) in [4.78, 5) is 0. The fourth-order valence-electron chi connectivity index (χ4n) is 2.55. The molecule has 1 aliphatic heterocycles. The summed E-state index contributed by atoms with van der Waals surface area (Å²) < 4.78 is 1.67. The summed E-state index contributed by atoms with van der Waals surface area (Å²) in [6.07, 6.45) is 0. The van der Waals surface area contributed by atoms with Gasteiger partial charge in [-0.2, -0.15) is 0 Å². The van der Waals surface area contributed by atoms with E-state index in [4.69, 9.17) is 0 Å². The van der Waals surface area contributed by atoms with Gasteiger partial charge in [0, 0.05) is 10.9 Å². The van der Waals surface area contributed by atoms with Gasteiger partial charge in [0.05, 0.1) is 10.7 Å². The molecule has 98 valence electrons. The Labute approximate surface area is 110 Å². The molecule has 6 nitrogen and oxygen atoms in total. The summed E-state index contributed by atoms with van der Waals surface area (Å²) in [6.45, 7) is 10.0. The van der Waals surface area contributed by atoms with Crippen LogP contribution in [-0.4, -0.2) is 11.4 Å². The highest BCUT2D eigenvalue weighted by atomic mass is 16.3. The van der Waals surface area contributed by atoms with Gasteiger partial charge in [-0.1, -0.05) is 21.9 Å². The molecular weight excluding hydrogens is 242 g/mol. The molecule has 1 N–H and O–H groups in total. The summed E-state index contributed by atoms with van der Waals surface area (Å²) in [5.74, 6) is -0.175. The van der Waals surface area contributed by atoms with Crippen molar-refractivity contribution in [3.63, 3.8) is 0 Å². The van der Waals surface area contributed by atoms with Crippen LogP contribution < -0.4 is 20.8 Å². The SMILES string of the molecule is C=c1c2c(c([O-])n3c(C)c(C)c(C)c13)N=N[NH+](C)N=2. The molecule has 1 atom stereocenters. The Hall–Kier alpha value is -2.21. The Bertz CT molecular complexity index is 847. The molecule has 0 aromatic carbocycles. The van der Waals surface area contributed by atoms with Gasteiger partial charge >= 0.3 is 0 Å². The number of quaternary nitrogens is 1. The Kier molecular flexibility index (Phi) is 2.27. The molecule has 19 heavy (non-hydrogen) atoms. The van der Waals surface area contributed by atoms with Crippen molar-refractivity contribution in [3.8, 4) is 5.88 Å². The van der Waals surface area contributed by atoms with Gasteiger partial charge in [0.1, 0.15) is 12.7 Å². The monoisotopic (exact) mass is 257 g/mol. The van der Waals surface area contributed by atoms with E-state index in [1.165, 1.54) is 0 Å². The largest absolute Gasteiger partial charge is 0.858 e. The first-order chi connectivity index (χ1) is 8.93. The number of fused-ring (bicyclic) bond motifs is 2. The summed E-state index contributed by atoms with van der Waals surface area (Å²) in [5.41, 5.74) is 4.21. The lowest BCUT2D eigenvalue weighted by atomic mass is 10.1. The molecule has 0 fully saturated rings. The van der Waals surface area contributed by atoms with Crippen LogP contribution in [0.4, 0.5) is 5.69 Å². The number of rotatable bonds is 0. The molecule has 2 aromatic heterocycles. The molecule has 0 radical (unpaired) electrons. The molecule has 0 saturated carbocycles. The fourth-order valence-corrected chi connectivity index (χ4v) is 2.55. The third kappa shape index (κ3) is 1.37. The van der Waals surface area contributed by atoms with Gasteiger partial charge in [0.15, 0.2) is 5.36 Å². The molecule has 1 unspecified atom stereocenters. The van der Waals surface area contributed by atoms with Crippen LogP contribution in [0, 0.1) is 20.8 Å². The maximum atomic E-state index is 12.5. The predicted octanol–water partition coefficient (Wildman–Crippen LogP) is -0.590. The van der Waals surface area contributed by atoms with Crippen LogP contribution in [0.5, 0.6) is 5.88 Å². The van der Waals surface area contributed by atoms with E-state index in [0.717, 1.165) is 27.6 Å². The van der Waals surface area contributed by atoms with Crippen LogP contribution in [0.15, 0.2) is 15.4 Å². The average molecular weight is 257 g/mol. The van der Waals surface area contributed by atoms with Crippen molar-refractivity contribution in [2.75, 3.05) is 7.05 Å². The zero-order valence-corrected chi connectivity index (χ0v) is 11.4. The molecule has 6 heteroatoms. The summed E-state index contributed by atoms with van der Waals surface area (Å²) in [5, 5.41) is 26.5. The summed E-state index contributed by atoms with van der Waals surface area (Å²) in [6, 6.07) is 0. The number of aromatic nitrogens is 1. The minimum atomic E-state index is -0.175. The number of pyridine rings is 1. The van der Waals surface area contributed by atoms with E-state index in [0.29, 0.717) is 10.5 Å². The normalized spacial score (nSPS) is 17.6. The number of nitrogens with one attached hydrogen (secondary N) is 1. The molecule has 3 rings (SSSR count). The Morgan fingerprint density at radius 2 is 1.89 bits per heavy atom. The maximum absolute atomic E-state index is 12.5. The van der Waals surface area contributed by atoms with Gasteiger partial charge in [-0.3, -0.25) is 0 Å². The second-order valence-electron chi connectivity index (χ2n) is 4.86. The second-order valence-corrected chi connectivity index (χ2v) is 4.86. The number of hydrogen-bond acceptors (Lipinski definition) is 4. The number of hydrogen-bond donors (Lipinski definition) is 1. The highest BCUT2D eigenvalue weighted by molar-refractivity contribution is 5.68. The van der Waals surface area contributed by atoms with Crippen LogP contribution in [0.3, 0.4) is 0 Å². The first kappa shape index (κ1) is 11.9. The highest BCUT2D eigenvalue weighted by Crippen LogP contribution is 2.26. The van der Waals surface area contributed by atoms with Crippen molar-refractivity contribution in [1.29, 1.82) is 0 Å². The maximum Gasteiger partial charge on any atom is 0.159 e. The van der Waals surface area contributed by atoms with E-state index in [-0.39, 0.29) is 11.6 Å². The zero-order valence-electron chi connectivity index (χ0n) is 11.4. The third-order valence-electron chi connectivity index (χ3n) is 3.79. The van der Waals surface area contributed by atoms with Gasteiger partial charge in [-0.15, -0.1) is 0 Å². The van der Waals surface area contributed by atoms with Crippen molar-refractivity contribution in [2.45, 2.75) is 20.8 Å². The smallest absolute Gasteiger partial charge is 0.159 e. The first-order valence-electron chi connectivity index (χ1n) is 6.07. The molecule has 0 amide bonds. The van der Waals surface area contributed by atoms with Crippen LogP contribution in [0.25, 0.3) is 12.1 Å². The van der Waals surface area contributed by atoms with E-state index < -0.39 is 0 Å². The first-order valence-corrected chi connectivity index (χ1v) is 6.07. The fraction of sp³-hybridized carbons (Fsp3) is 0.308. The van der Waals surface area contributed by atoms with Crippen LogP contribution in [0.2, 0.25) is 0 Å². The molecule has 0 aliphatic carbocycles. The number of nitrogens with zero attached hydrogens (tertiary/aromatic N) is 4. The number of aryl methyl sites for hydroxylation is 2. The van der Waals surface area contributed by atoms with Gasteiger partial charge in [0.2, 0.25) is 0 Å². The third-order valence-corrected chi connectivity index (χ3v) is 3.79. The Balaban J connectivity index is 2.67. The van der Waals surface area contributed by atoms with Crippen LogP contribution in [0.1, 0.15) is 16.8 Å². The zero-order chi connectivity index (χ0) is 13.9. The predicted molar refractivity (Wildman–Crippen MR) is 68.8 cm³/mol. The van der Waals surface area contributed by atoms with Crippen molar-refractivity contribution in [3.05, 3.63) is 27.4 Å². The lowest BCUT2D eigenvalue weighted by molar-refractivity contribution is -0.903.